The summed E-state index contributed by atoms with van der Waals surface area (Å²) in [6.07, 6.45) is 1.40. The van der Waals surface area contributed by atoms with Gasteiger partial charge in [-0.3, -0.25) is 4.98 Å². The molecule has 0 aliphatic rings. The monoisotopic (exact) mass is 470 g/mol. The van der Waals surface area contributed by atoms with Crippen LogP contribution in [0.3, 0.4) is 0 Å². The Hall–Kier alpha value is -3.09. The van der Waals surface area contributed by atoms with Crippen LogP contribution in [0, 0.1) is 17.5 Å². The van der Waals surface area contributed by atoms with E-state index in [2.05, 4.69) is 10.3 Å². The highest BCUT2D eigenvalue weighted by Crippen LogP contribution is 2.37. The van der Waals surface area contributed by atoms with Gasteiger partial charge in [0.05, 0.1) is 27.9 Å². The molecule has 4 rings (SSSR count). The third kappa shape index (κ3) is 4.54. The van der Waals surface area contributed by atoms with E-state index >= 15 is 0 Å². The van der Waals surface area contributed by atoms with Gasteiger partial charge in [0.2, 0.25) is 0 Å². The summed E-state index contributed by atoms with van der Waals surface area (Å²) in [6, 6.07) is 12.9. The third-order valence-corrected chi connectivity index (χ3v) is 5.87. The molecule has 0 saturated carbocycles. The van der Waals surface area contributed by atoms with Gasteiger partial charge in [-0.15, -0.1) is 0 Å². The Kier molecular flexibility index (Phi) is 6.08. The zero-order chi connectivity index (χ0) is 23.9. The molecule has 2 N–H and O–H groups in total. The van der Waals surface area contributed by atoms with Crippen LogP contribution in [0.15, 0.2) is 60.8 Å². The first-order valence-electron chi connectivity index (χ1n) is 10.4. The Labute approximate surface area is 194 Å². The molecule has 0 fully saturated rings. The Balaban J connectivity index is 1.82. The normalized spacial score (nSPS) is 12.7. The van der Waals surface area contributed by atoms with Crippen LogP contribution in [0.5, 0.6) is 0 Å². The van der Waals surface area contributed by atoms with Crippen molar-refractivity contribution < 1.29 is 18.3 Å². The molecule has 33 heavy (non-hydrogen) atoms. The van der Waals surface area contributed by atoms with Crippen molar-refractivity contribution in [1.29, 1.82) is 0 Å². The molecular formula is C26H22ClF3N2O. The first kappa shape index (κ1) is 23.1. The lowest BCUT2D eigenvalue weighted by Gasteiger charge is -2.20. The van der Waals surface area contributed by atoms with Crippen LogP contribution in [-0.2, 0) is 5.60 Å². The fraction of sp³-hybridized carbons (Fsp3) is 0.192. The molecule has 1 atom stereocenters. The molecule has 0 aliphatic carbocycles. The van der Waals surface area contributed by atoms with Crippen LogP contribution in [0.1, 0.15) is 37.9 Å². The van der Waals surface area contributed by atoms with Gasteiger partial charge in [0, 0.05) is 34.3 Å². The smallest absolute Gasteiger partial charge is 0.133 e. The van der Waals surface area contributed by atoms with Crippen molar-refractivity contribution >= 4 is 28.2 Å². The van der Waals surface area contributed by atoms with Gasteiger partial charge in [-0.1, -0.05) is 41.9 Å². The number of rotatable bonds is 5. The second-order valence-corrected chi connectivity index (χ2v) is 8.88. The molecule has 1 unspecified atom stereocenters. The average Bonchev–Trinajstić information content (AvgIpc) is 2.74. The first-order valence-corrected chi connectivity index (χ1v) is 10.8. The number of fused-ring (bicyclic) bond motifs is 1. The predicted octanol–water partition coefficient (Wildman–Crippen LogP) is 7.37. The highest BCUT2D eigenvalue weighted by atomic mass is 35.5. The molecule has 1 heterocycles. The van der Waals surface area contributed by atoms with Crippen LogP contribution in [0.25, 0.3) is 22.0 Å². The molecule has 1 aromatic heterocycles. The van der Waals surface area contributed by atoms with E-state index in [9.17, 15) is 18.3 Å². The van der Waals surface area contributed by atoms with Crippen LogP contribution in [-0.4, -0.2) is 10.1 Å². The summed E-state index contributed by atoms with van der Waals surface area (Å²) < 4.78 is 43.9. The van der Waals surface area contributed by atoms with Crippen molar-refractivity contribution in [1.82, 2.24) is 4.98 Å². The summed E-state index contributed by atoms with van der Waals surface area (Å²) in [5.41, 5.74) is 0.442. The van der Waals surface area contributed by atoms with E-state index in [1.165, 1.54) is 44.3 Å². The lowest BCUT2D eigenvalue weighted by Crippen LogP contribution is -2.17. The van der Waals surface area contributed by atoms with Gasteiger partial charge >= 0.3 is 0 Å². The zero-order valence-corrected chi connectivity index (χ0v) is 19.0. The van der Waals surface area contributed by atoms with E-state index in [4.69, 9.17) is 11.6 Å². The molecule has 3 aromatic carbocycles. The maximum Gasteiger partial charge on any atom is 0.133 e. The Morgan fingerprint density at radius 2 is 1.70 bits per heavy atom. The van der Waals surface area contributed by atoms with Crippen molar-refractivity contribution in [3.05, 3.63) is 94.4 Å². The molecule has 0 bridgehead atoms. The molecular weight excluding hydrogens is 449 g/mol. The van der Waals surface area contributed by atoms with E-state index < -0.39 is 23.3 Å². The van der Waals surface area contributed by atoms with Crippen molar-refractivity contribution in [2.75, 3.05) is 5.32 Å². The van der Waals surface area contributed by atoms with Crippen LogP contribution in [0.2, 0.25) is 5.02 Å². The Morgan fingerprint density at radius 1 is 0.970 bits per heavy atom. The third-order valence-electron chi connectivity index (χ3n) is 5.58. The maximum absolute atomic E-state index is 15.0. The molecule has 3 nitrogen and oxygen atoms in total. The number of anilines is 1. The van der Waals surface area contributed by atoms with Gasteiger partial charge in [-0.2, -0.15) is 0 Å². The number of halogens is 4. The Morgan fingerprint density at radius 3 is 2.36 bits per heavy atom. The highest BCUT2D eigenvalue weighted by molar-refractivity contribution is 6.34. The fourth-order valence-corrected chi connectivity index (χ4v) is 4.06. The second kappa shape index (κ2) is 8.69. The number of aliphatic hydroxyl groups is 1. The minimum Gasteiger partial charge on any atom is -0.386 e. The van der Waals surface area contributed by atoms with Gasteiger partial charge in [0.15, 0.2) is 0 Å². The quantitative estimate of drug-likeness (QED) is 0.320. The lowest BCUT2D eigenvalue weighted by molar-refractivity contribution is 0.0746. The molecule has 0 spiro atoms. The molecule has 7 heteroatoms. The van der Waals surface area contributed by atoms with E-state index in [-0.39, 0.29) is 22.0 Å². The highest BCUT2D eigenvalue weighted by Gasteiger charge is 2.22. The van der Waals surface area contributed by atoms with Crippen LogP contribution in [0.4, 0.5) is 18.9 Å². The lowest BCUT2D eigenvalue weighted by atomic mass is 9.94. The van der Waals surface area contributed by atoms with Gasteiger partial charge in [0.25, 0.3) is 0 Å². The SMILES string of the molecule is CC(Nc1c(Cl)cnc2cc(F)c(-c3ccc(C(C)(C)O)c(F)c3)cc12)c1ccccc1F. The van der Waals surface area contributed by atoms with Gasteiger partial charge in [-0.25, -0.2) is 13.2 Å². The largest absolute Gasteiger partial charge is 0.386 e. The topological polar surface area (TPSA) is 45.2 Å². The second-order valence-electron chi connectivity index (χ2n) is 8.47. The van der Waals surface area contributed by atoms with Crippen molar-refractivity contribution in [3.63, 3.8) is 0 Å². The summed E-state index contributed by atoms with van der Waals surface area (Å²) in [6.45, 7) is 4.74. The number of aromatic nitrogens is 1. The number of benzene rings is 3. The van der Waals surface area contributed by atoms with Crippen molar-refractivity contribution in [3.8, 4) is 11.1 Å². The molecule has 0 radical (unpaired) electrons. The number of pyridine rings is 1. The molecule has 4 aromatic rings. The minimum absolute atomic E-state index is 0.109. The van der Waals surface area contributed by atoms with Gasteiger partial charge < -0.3 is 10.4 Å². The van der Waals surface area contributed by atoms with Crippen LogP contribution < -0.4 is 5.32 Å². The van der Waals surface area contributed by atoms with E-state index in [1.54, 1.807) is 37.3 Å². The zero-order valence-electron chi connectivity index (χ0n) is 18.3. The average molecular weight is 471 g/mol. The molecule has 0 saturated heterocycles. The van der Waals surface area contributed by atoms with Gasteiger partial charge in [0.1, 0.15) is 17.5 Å². The Bertz CT molecular complexity index is 1350. The first-order chi connectivity index (χ1) is 15.6. The van der Waals surface area contributed by atoms with E-state index in [0.717, 1.165) is 0 Å². The number of hydrogen-bond donors (Lipinski definition) is 2. The van der Waals surface area contributed by atoms with Crippen molar-refractivity contribution in [2.24, 2.45) is 0 Å². The molecule has 0 aliphatic heterocycles. The summed E-state index contributed by atoms with van der Waals surface area (Å²) in [5, 5.41) is 14.1. The fourth-order valence-electron chi connectivity index (χ4n) is 3.86. The van der Waals surface area contributed by atoms with E-state index in [0.29, 0.717) is 27.7 Å². The predicted molar refractivity (Wildman–Crippen MR) is 126 cm³/mol. The summed E-state index contributed by atoms with van der Waals surface area (Å²) in [7, 11) is 0. The minimum atomic E-state index is -1.37. The van der Waals surface area contributed by atoms with Crippen LogP contribution >= 0.6 is 11.6 Å². The molecule has 170 valence electrons. The standard InChI is InChI=1S/C26H22ClF3N2O/c1-14(16-6-4-5-7-21(16)28)32-25-18-11-17(22(29)12-24(18)31-13-20(25)27)15-8-9-19(23(30)10-15)26(2,3)33/h4-14,33H,1-3H3,(H,31,32). The number of nitrogens with zero attached hydrogens (tertiary/aromatic N) is 1. The molecule has 0 amide bonds. The number of nitrogens with one attached hydrogen (secondary N) is 1. The maximum atomic E-state index is 15.0. The van der Waals surface area contributed by atoms with Gasteiger partial charge in [-0.05, 0) is 44.5 Å². The summed E-state index contributed by atoms with van der Waals surface area (Å²) >= 11 is 6.41. The van der Waals surface area contributed by atoms with E-state index in [1.807, 2.05) is 0 Å². The summed E-state index contributed by atoms with van der Waals surface area (Å²) in [5.74, 6) is -1.59. The summed E-state index contributed by atoms with van der Waals surface area (Å²) in [4.78, 5) is 4.21. The van der Waals surface area contributed by atoms with Crippen molar-refractivity contribution in [2.45, 2.75) is 32.4 Å². The number of hydrogen-bond acceptors (Lipinski definition) is 3.